The van der Waals surface area contributed by atoms with Crippen LogP contribution in [0.5, 0.6) is 0 Å². The third kappa shape index (κ3) is 9.89. The molecular formula is C36H66FIO5Si2. The minimum atomic E-state index is -2.10. The van der Waals surface area contributed by atoms with Crippen LogP contribution in [0.15, 0.2) is 12.2 Å². The number of alkyl halides is 2. The highest BCUT2D eigenvalue weighted by Crippen LogP contribution is 2.52. The molecule has 2 aliphatic carbocycles. The second-order valence-electron chi connectivity index (χ2n) is 17.6. The fourth-order valence-corrected chi connectivity index (χ4v) is 10.6. The molecule has 2 saturated carbocycles. The van der Waals surface area contributed by atoms with Gasteiger partial charge in [0.25, 0.3) is 0 Å². The molecule has 5 nitrogen and oxygen atoms in total. The van der Waals surface area contributed by atoms with E-state index in [9.17, 15) is 4.79 Å². The van der Waals surface area contributed by atoms with Crippen molar-refractivity contribution in [1.82, 2.24) is 0 Å². The summed E-state index contributed by atoms with van der Waals surface area (Å²) in [5.74, 6) is 0.349. The van der Waals surface area contributed by atoms with E-state index in [1.54, 1.807) is 0 Å². The van der Waals surface area contributed by atoms with Crippen LogP contribution in [-0.4, -0.2) is 64.2 Å². The predicted molar refractivity (Wildman–Crippen MR) is 198 cm³/mol. The van der Waals surface area contributed by atoms with E-state index in [-0.39, 0.29) is 62.0 Å². The SMILES string of the molecule is CCCC[C@H](C)C[C@@H](/C=C/[C@@H]1[C@@H]2[C@H](C[C@H]1O[Si](C)(C)C(C)(C)C)OC(C(I)CC1CC1C(=O)OC)[C@@H]2F)O[Si](C)(C)C(C)(C)C. The Balaban J connectivity index is 1.87. The summed E-state index contributed by atoms with van der Waals surface area (Å²) in [5, 5.41) is 0.173. The lowest BCUT2D eigenvalue weighted by molar-refractivity contribution is -0.142. The van der Waals surface area contributed by atoms with Gasteiger partial charge in [0.05, 0.1) is 31.3 Å². The first kappa shape index (κ1) is 39.6. The van der Waals surface area contributed by atoms with Crippen LogP contribution in [0.4, 0.5) is 4.39 Å². The number of rotatable bonds is 15. The van der Waals surface area contributed by atoms with Gasteiger partial charge in [-0.25, -0.2) is 4.39 Å². The summed E-state index contributed by atoms with van der Waals surface area (Å²) in [5.41, 5.74) is 0. The summed E-state index contributed by atoms with van der Waals surface area (Å²) in [6.07, 6.45) is 9.76. The van der Waals surface area contributed by atoms with Crippen LogP contribution in [0.3, 0.4) is 0 Å². The van der Waals surface area contributed by atoms with E-state index in [0.717, 1.165) is 25.7 Å². The van der Waals surface area contributed by atoms with Crippen molar-refractivity contribution < 1.29 is 27.5 Å². The van der Waals surface area contributed by atoms with Crippen LogP contribution in [0.25, 0.3) is 0 Å². The number of hydrogen-bond donors (Lipinski definition) is 0. The zero-order chi connectivity index (χ0) is 34.1. The monoisotopic (exact) mass is 780 g/mol. The Labute approximate surface area is 291 Å². The number of fused-ring (bicyclic) bond motifs is 1. The van der Waals surface area contributed by atoms with E-state index in [4.69, 9.17) is 18.3 Å². The van der Waals surface area contributed by atoms with Gasteiger partial charge < -0.3 is 18.3 Å². The van der Waals surface area contributed by atoms with Gasteiger partial charge in [-0.2, -0.15) is 0 Å². The van der Waals surface area contributed by atoms with Crippen LogP contribution < -0.4 is 0 Å². The van der Waals surface area contributed by atoms with Crippen molar-refractivity contribution in [3.8, 4) is 0 Å². The summed E-state index contributed by atoms with van der Waals surface area (Å²) in [6.45, 7) is 27.5. The van der Waals surface area contributed by atoms with Gasteiger partial charge in [0.2, 0.25) is 0 Å². The lowest BCUT2D eigenvalue weighted by Crippen LogP contribution is -2.46. The smallest absolute Gasteiger partial charge is 0.308 e. The van der Waals surface area contributed by atoms with Crippen molar-refractivity contribution >= 4 is 45.2 Å². The molecule has 0 spiro atoms. The second-order valence-corrected chi connectivity index (χ2v) is 28.7. The van der Waals surface area contributed by atoms with Crippen LogP contribution >= 0.6 is 22.6 Å². The van der Waals surface area contributed by atoms with Crippen molar-refractivity contribution in [2.45, 2.75) is 171 Å². The van der Waals surface area contributed by atoms with Crippen LogP contribution in [0.1, 0.15) is 100 Å². The van der Waals surface area contributed by atoms with Crippen molar-refractivity contribution in [3.05, 3.63) is 12.2 Å². The highest BCUT2D eigenvalue weighted by Gasteiger charge is 2.59. The van der Waals surface area contributed by atoms with E-state index >= 15 is 4.39 Å². The van der Waals surface area contributed by atoms with Crippen molar-refractivity contribution in [1.29, 1.82) is 0 Å². The van der Waals surface area contributed by atoms with Gasteiger partial charge in [-0.15, -0.1) is 0 Å². The van der Waals surface area contributed by atoms with E-state index in [2.05, 4.69) is 116 Å². The topological polar surface area (TPSA) is 54.0 Å². The first-order chi connectivity index (χ1) is 20.6. The van der Waals surface area contributed by atoms with Gasteiger partial charge in [-0.3, -0.25) is 4.79 Å². The Hall–Kier alpha value is 0.184. The molecule has 0 aromatic heterocycles. The molecule has 3 fully saturated rings. The molecule has 0 bridgehead atoms. The molecular weight excluding hydrogens is 714 g/mol. The summed E-state index contributed by atoms with van der Waals surface area (Å²) >= 11 is 2.37. The number of unbranched alkanes of at least 4 members (excludes halogenated alkanes) is 1. The quantitative estimate of drug-likeness (QED) is 0.0545. The molecule has 45 heavy (non-hydrogen) atoms. The first-order valence-electron chi connectivity index (χ1n) is 17.7. The molecule has 0 radical (unpaired) electrons. The van der Waals surface area contributed by atoms with Gasteiger partial charge in [-0.05, 0) is 73.8 Å². The average Bonchev–Trinajstić information content (AvgIpc) is 3.49. The predicted octanol–water partition coefficient (Wildman–Crippen LogP) is 10.3. The number of halogens is 2. The Morgan fingerprint density at radius 1 is 1.07 bits per heavy atom. The molecule has 11 atom stereocenters. The fourth-order valence-electron chi connectivity index (χ4n) is 6.73. The maximum absolute atomic E-state index is 16.7. The lowest BCUT2D eigenvalue weighted by atomic mass is 9.87. The normalized spacial score (nSPS) is 32.9. The molecule has 3 rings (SSSR count). The largest absolute Gasteiger partial charge is 0.469 e. The third-order valence-corrected chi connectivity index (χ3v) is 22.1. The number of methoxy groups -OCH3 is 1. The molecule has 0 N–H and O–H groups in total. The molecule has 1 aliphatic heterocycles. The van der Waals surface area contributed by atoms with Crippen LogP contribution in [0, 0.1) is 29.6 Å². The van der Waals surface area contributed by atoms with E-state index < -0.39 is 28.9 Å². The molecule has 0 aromatic rings. The fraction of sp³-hybridized carbons (Fsp3) is 0.917. The molecule has 1 heterocycles. The number of carbonyl (C=O) groups is 1. The van der Waals surface area contributed by atoms with Crippen molar-refractivity contribution in [2.75, 3.05) is 7.11 Å². The molecule has 262 valence electrons. The van der Waals surface area contributed by atoms with Crippen molar-refractivity contribution in [2.24, 2.45) is 29.6 Å². The Kier molecular flexibility index (Phi) is 13.5. The maximum Gasteiger partial charge on any atom is 0.308 e. The third-order valence-electron chi connectivity index (χ3n) is 11.8. The summed E-state index contributed by atoms with van der Waals surface area (Å²) in [4.78, 5) is 12.0. The highest BCUT2D eigenvalue weighted by atomic mass is 127. The van der Waals surface area contributed by atoms with Crippen molar-refractivity contribution in [3.63, 3.8) is 0 Å². The van der Waals surface area contributed by atoms with Gasteiger partial charge >= 0.3 is 5.97 Å². The Bertz CT molecular complexity index is 1010. The summed E-state index contributed by atoms with van der Waals surface area (Å²) in [6, 6.07) is 0. The lowest BCUT2D eigenvalue weighted by Gasteiger charge is -2.40. The first-order valence-corrected chi connectivity index (χ1v) is 24.7. The molecule has 9 heteroatoms. The van der Waals surface area contributed by atoms with Crippen LogP contribution in [-0.2, 0) is 23.1 Å². The van der Waals surface area contributed by atoms with E-state index in [1.807, 2.05) is 0 Å². The Morgan fingerprint density at radius 2 is 1.69 bits per heavy atom. The minimum absolute atomic E-state index is 0.00365. The van der Waals surface area contributed by atoms with E-state index in [1.165, 1.54) is 26.4 Å². The standard InChI is InChI=1S/C36H66FIO5Si2/c1-14-15-16-23(2)19-25(42-44(10,11)35(3,4)5)17-18-26-29(43-45(12,13)36(6,7)8)22-30-31(26)32(37)33(41-30)28(38)21-24-20-27(24)34(39)40-9/h17-18,23-33H,14-16,19-22H2,1-13H3/b18-17+/t23-,24?,25+,26-,27?,28?,29+,30-,31+,32+,33?/m0/s1. The zero-order valence-electron chi connectivity index (χ0n) is 30.8. The number of esters is 1. The molecule has 4 unspecified atom stereocenters. The van der Waals surface area contributed by atoms with E-state index in [0.29, 0.717) is 5.92 Å². The maximum atomic E-state index is 16.7. The van der Waals surface area contributed by atoms with Gasteiger partial charge in [0, 0.05) is 15.8 Å². The molecule has 0 amide bonds. The Morgan fingerprint density at radius 3 is 2.24 bits per heavy atom. The molecule has 0 aromatic carbocycles. The van der Waals surface area contributed by atoms with Gasteiger partial charge in [0.15, 0.2) is 16.6 Å². The summed E-state index contributed by atoms with van der Waals surface area (Å²) in [7, 11) is -2.68. The summed E-state index contributed by atoms with van der Waals surface area (Å²) < 4.78 is 42.3. The zero-order valence-corrected chi connectivity index (χ0v) is 34.9. The molecule has 1 saturated heterocycles. The minimum Gasteiger partial charge on any atom is -0.469 e. The van der Waals surface area contributed by atoms with Gasteiger partial charge in [0.1, 0.15) is 12.3 Å². The molecule has 3 aliphatic rings. The number of carbonyl (C=O) groups excluding carboxylic acids is 1. The second kappa shape index (κ2) is 15.4. The van der Waals surface area contributed by atoms with Crippen LogP contribution in [0.2, 0.25) is 36.3 Å². The average molecular weight is 781 g/mol. The number of ether oxygens (including phenoxy) is 2. The van der Waals surface area contributed by atoms with Gasteiger partial charge in [-0.1, -0.05) is 109 Å². The highest BCUT2D eigenvalue weighted by molar-refractivity contribution is 14.1. The number of hydrogen-bond acceptors (Lipinski definition) is 5.